The SMILES string of the molecule is Cn1cnc2c(=O)[nH]ccc2c1=O. The zero-order valence-electron chi connectivity index (χ0n) is 6.94. The predicted molar refractivity (Wildman–Crippen MR) is 47.6 cm³/mol. The molecular weight excluding hydrogens is 170 g/mol. The van der Waals surface area contributed by atoms with Gasteiger partial charge in [0.15, 0.2) is 0 Å². The molecule has 66 valence electrons. The molecule has 0 amide bonds. The zero-order chi connectivity index (χ0) is 9.42. The summed E-state index contributed by atoms with van der Waals surface area (Å²) in [5.74, 6) is 0. The van der Waals surface area contributed by atoms with Gasteiger partial charge in [0.2, 0.25) is 0 Å². The Morgan fingerprint density at radius 1 is 1.46 bits per heavy atom. The number of hydrogen-bond donors (Lipinski definition) is 1. The first kappa shape index (κ1) is 7.72. The number of aromatic amines is 1. The number of pyridine rings is 1. The van der Waals surface area contributed by atoms with Crippen LogP contribution < -0.4 is 11.1 Å². The Morgan fingerprint density at radius 2 is 2.23 bits per heavy atom. The van der Waals surface area contributed by atoms with Crippen molar-refractivity contribution in [3.05, 3.63) is 39.3 Å². The fourth-order valence-corrected chi connectivity index (χ4v) is 1.16. The van der Waals surface area contributed by atoms with E-state index in [1.165, 1.54) is 17.1 Å². The van der Waals surface area contributed by atoms with Crippen molar-refractivity contribution in [1.82, 2.24) is 14.5 Å². The number of rotatable bonds is 0. The predicted octanol–water partition coefficient (Wildman–Crippen LogP) is -0.378. The number of hydrogen-bond acceptors (Lipinski definition) is 3. The summed E-state index contributed by atoms with van der Waals surface area (Å²) < 4.78 is 1.34. The molecule has 2 aromatic rings. The smallest absolute Gasteiger partial charge is 0.274 e. The Hall–Kier alpha value is -1.91. The molecule has 0 atom stereocenters. The molecule has 2 heterocycles. The molecule has 2 rings (SSSR count). The van der Waals surface area contributed by atoms with Crippen LogP contribution in [0.1, 0.15) is 0 Å². The lowest BCUT2D eigenvalue weighted by molar-refractivity contribution is 0.841. The van der Waals surface area contributed by atoms with Gasteiger partial charge in [-0.2, -0.15) is 0 Å². The summed E-state index contributed by atoms with van der Waals surface area (Å²) in [6.45, 7) is 0. The molecule has 0 saturated carbocycles. The minimum Gasteiger partial charge on any atom is -0.327 e. The highest BCUT2D eigenvalue weighted by atomic mass is 16.1. The second kappa shape index (κ2) is 2.55. The van der Waals surface area contributed by atoms with Crippen molar-refractivity contribution in [1.29, 1.82) is 0 Å². The maximum atomic E-state index is 11.5. The van der Waals surface area contributed by atoms with Crippen LogP contribution in [0.3, 0.4) is 0 Å². The monoisotopic (exact) mass is 177 g/mol. The van der Waals surface area contributed by atoms with Gasteiger partial charge in [-0.05, 0) is 6.07 Å². The third-order valence-electron chi connectivity index (χ3n) is 1.85. The number of nitrogens with zero attached hydrogens (tertiary/aromatic N) is 2. The Kier molecular flexibility index (Phi) is 1.51. The van der Waals surface area contributed by atoms with Gasteiger partial charge in [0.25, 0.3) is 11.1 Å². The van der Waals surface area contributed by atoms with Gasteiger partial charge in [0, 0.05) is 13.2 Å². The molecule has 0 aromatic carbocycles. The lowest BCUT2D eigenvalue weighted by Gasteiger charge is -1.97. The third-order valence-corrected chi connectivity index (χ3v) is 1.85. The van der Waals surface area contributed by atoms with E-state index in [4.69, 9.17) is 0 Å². The molecule has 0 aliphatic rings. The summed E-state index contributed by atoms with van der Waals surface area (Å²) >= 11 is 0. The van der Waals surface area contributed by atoms with Crippen molar-refractivity contribution in [2.75, 3.05) is 0 Å². The van der Waals surface area contributed by atoms with E-state index in [0.29, 0.717) is 5.39 Å². The Morgan fingerprint density at radius 3 is 3.00 bits per heavy atom. The van der Waals surface area contributed by atoms with E-state index >= 15 is 0 Å². The van der Waals surface area contributed by atoms with Crippen molar-refractivity contribution in [3.8, 4) is 0 Å². The van der Waals surface area contributed by atoms with Crippen LogP contribution in [0.5, 0.6) is 0 Å². The van der Waals surface area contributed by atoms with Gasteiger partial charge in [-0.25, -0.2) is 4.98 Å². The van der Waals surface area contributed by atoms with Crippen LogP contribution in [-0.4, -0.2) is 14.5 Å². The Bertz CT molecular complexity index is 567. The number of aryl methyl sites for hydroxylation is 1. The molecule has 0 spiro atoms. The van der Waals surface area contributed by atoms with Gasteiger partial charge in [-0.3, -0.25) is 9.59 Å². The van der Waals surface area contributed by atoms with Crippen molar-refractivity contribution < 1.29 is 0 Å². The van der Waals surface area contributed by atoms with Crippen LogP contribution in [-0.2, 0) is 7.05 Å². The first-order valence-electron chi connectivity index (χ1n) is 3.73. The molecule has 2 aromatic heterocycles. The maximum Gasteiger partial charge on any atom is 0.274 e. The largest absolute Gasteiger partial charge is 0.327 e. The highest BCUT2D eigenvalue weighted by molar-refractivity contribution is 5.75. The zero-order valence-corrected chi connectivity index (χ0v) is 6.94. The maximum absolute atomic E-state index is 11.5. The lowest BCUT2D eigenvalue weighted by atomic mass is 10.3. The van der Waals surface area contributed by atoms with E-state index in [1.807, 2.05) is 0 Å². The summed E-state index contributed by atoms with van der Waals surface area (Å²) in [6, 6.07) is 1.55. The van der Waals surface area contributed by atoms with E-state index in [9.17, 15) is 9.59 Å². The van der Waals surface area contributed by atoms with Crippen molar-refractivity contribution in [3.63, 3.8) is 0 Å². The van der Waals surface area contributed by atoms with Gasteiger partial charge < -0.3 is 9.55 Å². The van der Waals surface area contributed by atoms with Crippen LogP contribution in [0.25, 0.3) is 10.9 Å². The normalized spacial score (nSPS) is 10.5. The number of fused-ring (bicyclic) bond motifs is 1. The molecule has 0 unspecified atom stereocenters. The minimum atomic E-state index is -0.338. The molecule has 5 nitrogen and oxygen atoms in total. The molecular formula is C8H7N3O2. The van der Waals surface area contributed by atoms with Crippen molar-refractivity contribution >= 4 is 10.9 Å². The minimum absolute atomic E-state index is 0.186. The van der Waals surface area contributed by atoms with E-state index < -0.39 is 0 Å². The van der Waals surface area contributed by atoms with Crippen LogP contribution in [0.4, 0.5) is 0 Å². The molecule has 5 heteroatoms. The lowest BCUT2D eigenvalue weighted by Crippen LogP contribution is -2.20. The molecule has 0 bridgehead atoms. The topological polar surface area (TPSA) is 67.8 Å². The van der Waals surface area contributed by atoms with Crippen LogP contribution in [0.2, 0.25) is 0 Å². The van der Waals surface area contributed by atoms with E-state index in [0.717, 1.165) is 0 Å². The van der Waals surface area contributed by atoms with Gasteiger partial charge >= 0.3 is 0 Å². The summed E-state index contributed by atoms with van der Waals surface area (Å²) in [6.07, 6.45) is 2.77. The van der Waals surface area contributed by atoms with E-state index in [1.54, 1.807) is 13.1 Å². The molecule has 0 fully saturated rings. The summed E-state index contributed by atoms with van der Waals surface area (Å²) in [4.78, 5) is 28.9. The summed E-state index contributed by atoms with van der Waals surface area (Å²) in [5.41, 5.74) is -0.364. The molecule has 1 N–H and O–H groups in total. The number of aromatic nitrogens is 3. The van der Waals surface area contributed by atoms with Crippen LogP contribution in [0.15, 0.2) is 28.2 Å². The number of H-pyrrole nitrogens is 1. The Labute approximate surface area is 72.7 Å². The van der Waals surface area contributed by atoms with Gasteiger partial charge in [0.05, 0.1) is 11.7 Å². The fraction of sp³-hybridized carbons (Fsp3) is 0.125. The highest BCUT2D eigenvalue weighted by Gasteiger charge is 2.03. The molecule has 0 aliphatic heterocycles. The van der Waals surface area contributed by atoms with Crippen molar-refractivity contribution in [2.45, 2.75) is 0 Å². The molecule has 0 radical (unpaired) electrons. The van der Waals surface area contributed by atoms with Crippen LogP contribution >= 0.6 is 0 Å². The Balaban J connectivity index is 3.12. The first-order valence-corrected chi connectivity index (χ1v) is 3.73. The fourth-order valence-electron chi connectivity index (χ4n) is 1.16. The molecule has 0 saturated heterocycles. The highest BCUT2D eigenvalue weighted by Crippen LogP contribution is 1.96. The summed E-state index contributed by atoms with van der Waals surface area (Å²) in [7, 11) is 1.59. The van der Waals surface area contributed by atoms with E-state index in [-0.39, 0.29) is 16.6 Å². The van der Waals surface area contributed by atoms with Gasteiger partial charge in [-0.15, -0.1) is 0 Å². The second-order valence-corrected chi connectivity index (χ2v) is 2.73. The standard InChI is InChI=1S/C8H7N3O2/c1-11-4-10-6-5(8(11)13)2-3-9-7(6)12/h2-4H,1H3,(H,9,12). The quantitative estimate of drug-likeness (QED) is 0.596. The second-order valence-electron chi connectivity index (χ2n) is 2.73. The van der Waals surface area contributed by atoms with E-state index in [2.05, 4.69) is 9.97 Å². The van der Waals surface area contributed by atoms with Gasteiger partial charge in [0.1, 0.15) is 5.52 Å². The first-order chi connectivity index (χ1) is 6.20. The average Bonchev–Trinajstić information content (AvgIpc) is 2.12. The third kappa shape index (κ3) is 1.05. The van der Waals surface area contributed by atoms with Gasteiger partial charge in [-0.1, -0.05) is 0 Å². The summed E-state index contributed by atoms with van der Waals surface area (Å²) in [5, 5.41) is 0.341. The average molecular weight is 177 g/mol. The molecule has 0 aliphatic carbocycles. The number of nitrogens with one attached hydrogen (secondary N) is 1. The van der Waals surface area contributed by atoms with Crippen molar-refractivity contribution in [2.24, 2.45) is 7.05 Å². The van der Waals surface area contributed by atoms with Crippen LogP contribution in [0, 0.1) is 0 Å². The molecule has 13 heavy (non-hydrogen) atoms.